The van der Waals surface area contributed by atoms with Crippen LogP contribution in [0.5, 0.6) is 0 Å². The molecule has 0 aromatic carbocycles. The lowest BCUT2D eigenvalue weighted by Gasteiger charge is -2.31. The van der Waals surface area contributed by atoms with Crippen LogP contribution < -0.4 is 5.32 Å². The molecule has 0 radical (unpaired) electrons. The summed E-state index contributed by atoms with van der Waals surface area (Å²) in [5, 5.41) is 24.1. The van der Waals surface area contributed by atoms with Crippen LogP contribution in [0, 0.1) is 11.8 Å². The van der Waals surface area contributed by atoms with E-state index in [1.165, 1.54) is 44.9 Å². The SMILES string of the molecule is OCC1C(O)CC(NC2CCCCC2)C1Cc1ccnc(C2CC2)n1. The van der Waals surface area contributed by atoms with Crippen molar-refractivity contribution in [2.75, 3.05) is 6.61 Å². The summed E-state index contributed by atoms with van der Waals surface area (Å²) in [5.41, 5.74) is 1.06. The lowest BCUT2D eigenvalue weighted by atomic mass is 9.87. The van der Waals surface area contributed by atoms with Crippen LogP contribution in [0.2, 0.25) is 0 Å². The van der Waals surface area contributed by atoms with Gasteiger partial charge < -0.3 is 15.5 Å². The van der Waals surface area contributed by atoms with E-state index >= 15 is 0 Å². The zero-order valence-electron chi connectivity index (χ0n) is 15.0. The molecule has 0 bridgehead atoms. The maximum Gasteiger partial charge on any atom is 0.131 e. The summed E-state index contributed by atoms with van der Waals surface area (Å²) in [6.07, 6.45) is 11.9. The first-order valence-corrected chi connectivity index (χ1v) is 10.1. The number of rotatable bonds is 6. The van der Waals surface area contributed by atoms with Crippen molar-refractivity contribution in [1.82, 2.24) is 15.3 Å². The van der Waals surface area contributed by atoms with Gasteiger partial charge in [-0.05, 0) is 50.5 Å². The van der Waals surface area contributed by atoms with E-state index in [-0.39, 0.29) is 24.5 Å². The summed E-state index contributed by atoms with van der Waals surface area (Å²) in [6.45, 7) is 0.0508. The van der Waals surface area contributed by atoms with Crippen molar-refractivity contribution in [3.05, 3.63) is 23.8 Å². The van der Waals surface area contributed by atoms with Crippen molar-refractivity contribution in [3.63, 3.8) is 0 Å². The topological polar surface area (TPSA) is 78.3 Å². The van der Waals surface area contributed by atoms with Crippen LogP contribution in [0.1, 0.15) is 68.8 Å². The molecule has 1 heterocycles. The third-order valence-corrected chi connectivity index (χ3v) is 6.44. The highest BCUT2D eigenvalue weighted by Gasteiger charge is 2.43. The normalized spacial score (nSPS) is 33.7. The maximum absolute atomic E-state index is 10.5. The second-order valence-corrected chi connectivity index (χ2v) is 8.31. The van der Waals surface area contributed by atoms with Crippen LogP contribution in [0.3, 0.4) is 0 Å². The van der Waals surface area contributed by atoms with Crippen molar-refractivity contribution < 1.29 is 10.2 Å². The van der Waals surface area contributed by atoms with Gasteiger partial charge in [0, 0.05) is 42.4 Å². The highest BCUT2D eigenvalue weighted by Crippen LogP contribution is 2.39. The number of nitrogens with zero attached hydrogens (tertiary/aromatic N) is 2. The second kappa shape index (κ2) is 7.68. The van der Waals surface area contributed by atoms with Gasteiger partial charge in [0.25, 0.3) is 0 Å². The minimum atomic E-state index is -0.416. The predicted octanol–water partition coefficient (Wildman–Crippen LogP) is 2.18. The molecular formula is C20H31N3O2. The first kappa shape index (κ1) is 17.4. The fraction of sp³-hybridized carbons (Fsp3) is 0.800. The molecule has 0 aliphatic heterocycles. The van der Waals surface area contributed by atoms with Crippen molar-refractivity contribution in [3.8, 4) is 0 Å². The van der Waals surface area contributed by atoms with E-state index in [0.29, 0.717) is 12.0 Å². The van der Waals surface area contributed by atoms with Gasteiger partial charge in [0.2, 0.25) is 0 Å². The monoisotopic (exact) mass is 345 g/mol. The third kappa shape index (κ3) is 4.04. The van der Waals surface area contributed by atoms with Crippen LogP contribution in [0.25, 0.3) is 0 Å². The van der Waals surface area contributed by atoms with Crippen molar-refractivity contribution >= 4 is 0 Å². The van der Waals surface area contributed by atoms with Crippen LogP contribution in [-0.4, -0.2) is 45.0 Å². The standard InChI is InChI=1S/C20H31N3O2/c24-12-17-16(10-15-8-9-21-20(23-15)13-6-7-13)18(11-19(17)25)22-14-4-2-1-3-5-14/h8-9,13-14,16-19,22,24-25H,1-7,10-12H2. The summed E-state index contributed by atoms with van der Waals surface area (Å²) >= 11 is 0. The molecule has 3 fully saturated rings. The fourth-order valence-electron chi connectivity index (χ4n) is 4.81. The zero-order valence-corrected chi connectivity index (χ0v) is 15.0. The van der Waals surface area contributed by atoms with Crippen LogP contribution in [-0.2, 0) is 6.42 Å². The molecule has 5 heteroatoms. The van der Waals surface area contributed by atoms with E-state index in [9.17, 15) is 10.2 Å². The van der Waals surface area contributed by atoms with Gasteiger partial charge in [-0.1, -0.05) is 19.3 Å². The van der Waals surface area contributed by atoms with Gasteiger partial charge in [0.15, 0.2) is 0 Å². The number of aromatic nitrogens is 2. The Balaban J connectivity index is 1.47. The molecule has 1 aromatic rings. The molecule has 3 saturated carbocycles. The van der Waals surface area contributed by atoms with E-state index in [1.54, 1.807) is 0 Å². The first-order chi connectivity index (χ1) is 12.2. The minimum absolute atomic E-state index is 0.0508. The third-order valence-electron chi connectivity index (χ3n) is 6.44. The molecule has 1 aromatic heterocycles. The van der Waals surface area contributed by atoms with E-state index in [4.69, 9.17) is 4.98 Å². The zero-order chi connectivity index (χ0) is 17.2. The minimum Gasteiger partial charge on any atom is -0.396 e. The molecule has 4 rings (SSSR count). The molecule has 0 amide bonds. The Labute approximate surface area is 150 Å². The summed E-state index contributed by atoms with van der Waals surface area (Å²) in [7, 11) is 0. The summed E-state index contributed by atoms with van der Waals surface area (Å²) in [4.78, 5) is 9.19. The van der Waals surface area contributed by atoms with E-state index in [0.717, 1.165) is 24.4 Å². The van der Waals surface area contributed by atoms with Crippen LogP contribution in [0.15, 0.2) is 12.3 Å². The van der Waals surface area contributed by atoms with Gasteiger partial charge in [-0.3, -0.25) is 0 Å². The fourth-order valence-corrected chi connectivity index (χ4v) is 4.81. The highest BCUT2D eigenvalue weighted by molar-refractivity contribution is 5.12. The molecule has 0 spiro atoms. The van der Waals surface area contributed by atoms with E-state index in [1.807, 2.05) is 12.3 Å². The summed E-state index contributed by atoms with van der Waals surface area (Å²) < 4.78 is 0. The van der Waals surface area contributed by atoms with E-state index < -0.39 is 6.10 Å². The Morgan fingerprint density at radius 3 is 2.60 bits per heavy atom. The molecule has 3 aliphatic carbocycles. The second-order valence-electron chi connectivity index (χ2n) is 8.31. The Bertz CT molecular complexity index is 572. The Hall–Kier alpha value is -1.04. The smallest absolute Gasteiger partial charge is 0.131 e. The van der Waals surface area contributed by atoms with Crippen LogP contribution >= 0.6 is 0 Å². The highest BCUT2D eigenvalue weighted by atomic mass is 16.3. The Morgan fingerprint density at radius 1 is 1.08 bits per heavy atom. The average Bonchev–Trinajstić information content (AvgIpc) is 3.43. The molecule has 4 atom stereocenters. The number of hydrogen-bond donors (Lipinski definition) is 3. The van der Waals surface area contributed by atoms with Gasteiger partial charge in [-0.15, -0.1) is 0 Å². The lowest BCUT2D eigenvalue weighted by molar-refractivity contribution is 0.0714. The molecule has 25 heavy (non-hydrogen) atoms. The largest absolute Gasteiger partial charge is 0.396 e. The predicted molar refractivity (Wildman–Crippen MR) is 96.2 cm³/mol. The quantitative estimate of drug-likeness (QED) is 0.736. The lowest BCUT2D eigenvalue weighted by Crippen LogP contribution is -2.43. The number of aliphatic hydroxyl groups is 2. The summed E-state index contributed by atoms with van der Waals surface area (Å²) in [5.74, 6) is 1.72. The average molecular weight is 345 g/mol. The van der Waals surface area contributed by atoms with Gasteiger partial charge in [0.05, 0.1) is 6.10 Å². The van der Waals surface area contributed by atoms with Crippen molar-refractivity contribution in [1.29, 1.82) is 0 Å². The summed E-state index contributed by atoms with van der Waals surface area (Å²) in [6, 6.07) is 2.84. The number of hydrogen-bond acceptors (Lipinski definition) is 5. The molecule has 4 unspecified atom stereocenters. The van der Waals surface area contributed by atoms with Crippen molar-refractivity contribution in [2.24, 2.45) is 11.8 Å². The van der Waals surface area contributed by atoms with Gasteiger partial charge >= 0.3 is 0 Å². The van der Waals surface area contributed by atoms with Crippen molar-refractivity contribution in [2.45, 2.75) is 81.9 Å². The van der Waals surface area contributed by atoms with E-state index in [2.05, 4.69) is 10.3 Å². The molecular weight excluding hydrogens is 314 g/mol. The molecule has 3 N–H and O–H groups in total. The maximum atomic E-state index is 10.5. The van der Waals surface area contributed by atoms with Gasteiger partial charge in [-0.2, -0.15) is 0 Å². The molecule has 5 nitrogen and oxygen atoms in total. The Morgan fingerprint density at radius 2 is 1.88 bits per heavy atom. The first-order valence-electron chi connectivity index (χ1n) is 10.1. The number of aliphatic hydroxyl groups excluding tert-OH is 2. The van der Waals surface area contributed by atoms with Gasteiger partial charge in [0.1, 0.15) is 5.82 Å². The van der Waals surface area contributed by atoms with Gasteiger partial charge in [-0.25, -0.2) is 9.97 Å². The molecule has 0 saturated heterocycles. The Kier molecular flexibility index (Phi) is 5.34. The number of nitrogens with one attached hydrogen (secondary N) is 1. The van der Waals surface area contributed by atoms with Crippen LogP contribution in [0.4, 0.5) is 0 Å². The molecule has 138 valence electrons. The molecule has 3 aliphatic rings.